The van der Waals surface area contributed by atoms with Gasteiger partial charge in [0.05, 0.1) is 13.2 Å². The molecule has 0 aromatic heterocycles. The van der Waals surface area contributed by atoms with Crippen molar-refractivity contribution in [3.8, 4) is 11.5 Å². The summed E-state index contributed by atoms with van der Waals surface area (Å²) in [6.45, 7) is 5.55. The lowest BCUT2D eigenvalue weighted by molar-refractivity contribution is -0.119. The highest BCUT2D eigenvalue weighted by Crippen LogP contribution is 2.26. The van der Waals surface area contributed by atoms with E-state index in [0.29, 0.717) is 26.3 Å². The Kier molecular flexibility index (Phi) is 9.57. The van der Waals surface area contributed by atoms with E-state index in [1.54, 1.807) is 0 Å². The van der Waals surface area contributed by atoms with E-state index in [1.165, 1.54) is 35.7 Å². The van der Waals surface area contributed by atoms with Gasteiger partial charge in [0, 0.05) is 26.9 Å². The van der Waals surface area contributed by atoms with E-state index in [9.17, 15) is 9.59 Å². The Morgan fingerprint density at radius 1 is 0.632 bits per heavy atom. The highest BCUT2D eigenvalue weighted by atomic mass is 16.5. The summed E-state index contributed by atoms with van der Waals surface area (Å²) in [5.41, 5.74) is 2.40. The Morgan fingerprint density at radius 3 is 1.50 bits per heavy atom. The smallest absolute Gasteiger partial charge is 0.216 e. The summed E-state index contributed by atoms with van der Waals surface area (Å²) in [6, 6.07) is 24.9. The third-order valence-corrected chi connectivity index (χ3v) is 6.50. The lowest BCUT2D eigenvalue weighted by atomic mass is 10.0. The molecule has 0 heterocycles. The number of benzene rings is 4. The topological polar surface area (TPSA) is 76.7 Å². The summed E-state index contributed by atoms with van der Waals surface area (Å²) in [5.74, 6) is 1.68. The second kappa shape index (κ2) is 13.5. The predicted octanol–water partition coefficient (Wildman–Crippen LogP) is 5.59. The fourth-order valence-corrected chi connectivity index (χ4v) is 4.58. The minimum atomic E-state index is -0.0118. The number of amides is 2. The van der Waals surface area contributed by atoms with Crippen LogP contribution in [-0.2, 0) is 22.4 Å². The number of nitrogens with one attached hydrogen (secondary N) is 2. The molecule has 0 aliphatic heterocycles. The monoisotopic (exact) mass is 512 g/mol. The molecule has 38 heavy (non-hydrogen) atoms. The zero-order valence-corrected chi connectivity index (χ0v) is 22.2. The third kappa shape index (κ3) is 7.72. The van der Waals surface area contributed by atoms with Crippen molar-refractivity contribution >= 4 is 33.4 Å². The quantitative estimate of drug-likeness (QED) is 0.229. The van der Waals surface area contributed by atoms with Gasteiger partial charge in [-0.05, 0) is 82.6 Å². The summed E-state index contributed by atoms with van der Waals surface area (Å²) in [5, 5.41) is 10.4. The van der Waals surface area contributed by atoms with Gasteiger partial charge in [-0.25, -0.2) is 0 Å². The van der Waals surface area contributed by atoms with Crippen LogP contribution in [0.25, 0.3) is 21.5 Å². The summed E-state index contributed by atoms with van der Waals surface area (Å²) >= 11 is 0. The lowest BCUT2D eigenvalue weighted by Crippen LogP contribution is -2.22. The second-order valence-electron chi connectivity index (χ2n) is 9.47. The third-order valence-electron chi connectivity index (χ3n) is 6.50. The van der Waals surface area contributed by atoms with Crippen LogP contribution in [0.1, 0.15) is 37.8 Å². The van der Waals surface area contributed by atoms with Crippen LogP contribution in [0.15, 0.2) is 72.8 Å². The Bertz CT molecular complexity index is 1290. The molecule has 0 unspecified atom stereocenters. The van der Waals surface area contributed by atoms with Crippen LogP contribution in [0.4, 0.5) is 0 Å². The molecular formula is C32H36N2O4. The first-order valence-corrected chi connectivity index (χ1v) is 13.3. The van der Waals surface area contributed by atoms with Gasteiger partial charge in [-0.1, -0.05) is 48.5 Å². The van der Waals surface area contributed by atoms with Crippen molar-refractivity contribution in [3.05, 3.63) is 83.9 Å². The average molecular weight is 513 g/mol. The molecule has 0 aliphatic carbocycles. The van der Waals surface area contributed by atoms with Gasteiger partial charge in [0.1, 0.15) is 11.5 Å². The van der Waals surface area contributed by atoms with Gasteiger partial charge in [-0.3, -0.25) is 9.59 Å². The molecule has 6 nitrogen and oxygen atoms in total. The highest BCUT2D eigenvalue weighted by Gasteiger charge is 2.06. The van der Waals surface area contributed by atoms with E-state index in [2.05, 4.69) is 59.2 Å². The number of ether oxygens (including phenoxy) is 2. The number of hydrogen-bond donors (Lipinski definition) is 2. The van der Waals surface area contributed by atoms with Crippen molar-refractivity contribution in [2.75, 3.05) is 26.3 Å². The van der Waals surface area contributed by atoms with Crippen LogP contribution in [-0.4, -0.2) is 38.1 Å². The summed E-state index contributed by atoms with van der Waals surface area (Å²) in [7, 11) is 0. The van der Waals surface area contributed by atoms with Gasteiger partial charge in [0.15, 0.2) is 0 Å². The maximum Gasteiger partial charge on any atom is 0.216 e. The van der Waals surface area contributed by atoms with Gasteiger partial charge in [0.2, 0.25) is 11.8 Å². The Labute approximate surface area is 224 Å². The number of carbonyl (C=O) groups excluding carboxylic acids is 2. The summed E-state index contributed by atoms with van der Waals surface area (Å²) in [4.78, 5) is 22.4. The second-order valence-corrected chi connectivity index (χ2v) is 9.47. The molecule has 0 atom stereocenters. The van der Waals surface area contributed by atoms with Crippen molar-refractivity contribution in [1.82, 2.24) is 10.6 Å². The normalized spacial score (nSPS) is 10.9. The van der Waals surface area contributed by atoms with Crippen LogP contribution in [0.3, 0.4) is 0 Å². The number of hydrogen-bond acceptors (Lipinski definition) is 4. The molecule has 4 aromatic carbocycles. The maximum absolute atomic E-state index is 11.2. The number of rotatable bonds is 13. The van der Waals surface area contributed by atoms with E-state index in [1.807, 2.05) is 24.3 Å². The minimum absolute atomic E-state index is 0.0118. The Balaban J connectivity index is 1.25. The summed E-state index contributed by atoms with van der Waals surface area (Å²) in [6.07, 6.45) is 3.34. The molecule has 6 heteroatoms. The SMILES string of the molecule is CC(=O)NCCc1cccc2ccc(OCCCCOc3ccc4cccc(CCNC(C)=O)c4c3)cc12. The van der Waals surface area contributed by atoms with E-state index in [-0.39, 0.29) is 11.8 Å². The molecule has 2 N–H and O–H groups in total. The summed E-state index contributed by atoms with van der Waals surface area (Å²) < 4.78 is 12.1. The van der Waals surface area contributed by atoms with Gasteiger partial charge in [-0.2, -0.15) is 0 Å². The highest BCUT2D eigenvalue weighted by molar-refractivity contribution is 5.88. The standard InChI is InChI=1S/C32H36N2O4/c1-23(35)33-17-15-27-9-5-7-25-11-13-29(21-31(25)27)37-19-3-4-20-38-30-14-12-26-8-6-10-28(32(26)22-30)16-18-34-24(2)36/h5-14,21-22H,3-4,15-20H2,1-2H3,(H,33,35)(H,34,36). The van der Waals surface area contributed by atoms with Crippen LogP contribution < -0.4 is 20.1 Å². The van der Waals surface area contributed by atoms with Gasteiger partial charge in [-0.15, -0.1) is 0 Å². The molecule has 198 valence electrons. The van der Waals surface area contributed by atoms with Crippen LogP contribution in [0.2, 0.25) is 0 Å². The number of fused-ring (bicyclic) bond motifs is 2. The minimum Gasteiger partial charge on any atom is -0.494 e. The largest absolute Gasteiger partial charge is 0.494 e. The zero-order valence-electron chi connectivity index (χ0n) is 22.2. The van der Waals surface area contributed by atoms with Crippen molar-refractivity contribution in [3.63, 3.8) is 0 Å². The molecule has 0 saturated heterocycles. The molecule has 4 aromatic rings. The first kappa shape index (κ1) is 27.0. The van der Waals surface area contributed by atoms with Gasteiger partial charge >= 0.3 is 0 Å². The molecule has 2 amide bonds. The molecule has 0 aliphatic rings. The molecule has 0 bridgehead atoms. The van der Waals surface area contributed by atoms with Crippen molar-refractivity contribution in [2.24, 2.45) is 0 Å². The van der Waals surface area contributed by atoms with E-state index in [4.69, 9.17) is 9.47 Å². The molecule has 4 rings (SSSR count). The zero-order chi connectivity index (χ0) is 26.7. The van der Waals surface area contributed by atoms with Gasteiger partial charge in [0.25, 0.3) is 0 Å². The van der Waals surface area contributed by atoms with Crippen LogP contribution >= 0.6 is 0 Å². The van der Waals surface area contributed by atoms with Crippen LogP contribution in [0, 0.1) is 0 Å². The van der Waals surface area contributed by atoms with Crippen molar-refractivity contribution in [1.29, 1.82) is 0 Å². The first-order chi connectivity index (χ1) is 18.5. The Morgan fingerprint density at radius 2 is 1.08 bits per heavy atom. The van der Waals surface area contributed by atoms with Crippen molar-refractivity contribution < 1.29 is 19.1 Å². The fourth-order valence-electron chi connectivity index (χ4n) is 4.58. The number of carbonyl (C=O) groups is 2. The van der Waals surface area contributed by atoms with Crippen LogP contribution in [0.5, 0.6) is 11.5 Å². The van der Waals surface area contributed by atoms with E-state index in [0.717, 1.165) is 48.0 Å². The average Bonchev–Trinajstić information content (AvgIpc) is 2.90. The van der Waals surface area contributed by atoms with E-state index >= 15 is 0 Å². The fraction of sp³-hybridized carbons (Fsp3) is 0.312. The molecule has 0 spiro atoms. The molecule has 0 radical (unpaired) electrons. The van der Waals surface area contributed by atoms with Gasteiger partial charge < -0.3 is 20.1 Å². The van der Waals surface area contributed by atoms with E-state index < -0.39 is 0 Å². The molecule has 0 fully saturated rings. The first-order valence-electron chi connectivity index (χ1n) is 13.3. The number of unbranched alkanes of at least 4 members (excludes halogenated alkanes) is 1. The molecular weight excluding hydrogens is 476 g/mol. The van der Waals surface area contributed by atoms with Crippen molar-refractivity contribution in [2.45, 2.75) is 39.5 Å². The lowest BCUT2D eigenvalue weighted by Gasteiger charge is -2.12. The predicted molar refractivity (Wildman–Crippen MR) is 153 cm³/mol. The Hall–Kier alpha value is -4.06. The maximum atomic E-state index is 11.2. The molecule has 0 saturated carbocycles.